The average molecular weight is 437 g/mol. The summed E-state index contributed by atoms with van der Waals surface area (Å²) in [6.45, 7) is 1.50. The molecule has 2 aliphatic rings. The molecular weight excluding hydrogens is 415 g/mol. The quantitative estimate of drug-likeness (QED) is 0.576. The van der Waals surface area contributed by atoms with Gasteiger partial charge in [0.2, 0.25) is 0 Å². The molecule has 1 saturated heterocycles. The van der Waals surface area contributed by atoms with Gasteiger partial charge in [0, 0.05) is 43.1 Å². The van der Waals surface area contributed by atoms with E-state index < -0.39 is 17.3 Å². The Morgan fingerprint density at radius 1 is 1.16 bits per heavy atom. The second-order valence-electron chi connectivity index (χ2n) is 7.73. The summed E-state index contributed by atoms with van der Waals surface area (Å²) in [5.74, 6) is 0. The summed E-state index contributed by atoms with van der Waals surface area (Å²) in [7, 11) is 0. The summed E-state index contributed by atoms with van der Waals surface area (Å²) in [5.41, 5.74) is -0.611. The molecule has 0 radical (unpaired) electrons. The van der Waals surface area contributed by atoms with E-state index in [0.717, 1.165) is 11.6 Å². The van der Waals surface area contributed by atoms with Crippen LogP contribution >= 0.6 is 0 Å². The Hall–Kier alpha value is -3.50. The number of terminal acetylenes is 1. The first kappa shape index (κ1) is 21.7. The molecule has 2 heterocycles. The van der Waals surface area contributed by atoms with Crippen LogP contribution in [0.2, 0.25) is 0 Å². The lowest BCUT2D eigenvalue weighted by molar-refractivity contribution is -0.137. The number of anilines is 1. The minimum absolute atomic E-state index is 0.212. The Kier molecular flexibility index (Phi) is 5.81. The van der Waals surface area contributed by atoms with Gasteiger partial charge in [-0.3, -0.25) is 9.69 Å². The van der Waals surface area contributed by atoms with Gasteiger partial charge in [-0.25, -0.2) is 0 Å². The van der Waals surface area contributed by atoms with Crippen molar-refractivity contribution in [2.45, 2.75) is 17.8 Å². The molecule has 1 fully saturated rings. The molecule has 2 aromatic rings. The number of halogens is 3. The van der Waals surface area contributed by atoms with E-state index in [1.165, 1.54) is 6.07 Å². The van der Waals surface area contributed by atoms with Gasteiger partial charge in [-0.15, -0.1) is 0 Å². The summed E-state index contributed by atoms with van der Waals surface area (Å²) < 4.78 is 40.5. The average Bonchev–Trinajstić information content (AvgIpc) is 2.83. The zero-order chi connectivity index (χ0) is 22.8. The van der Waals surface area contributed by atoms with Gasteiger partial charge in [-0.1, -0.05) is 48.9 Å². The number of alkyl halides is 3. The molecule has 4 rings (SSSR count). The second-order valence-corrected chi connectivity index (χ2v) is 7.73. The van der Waals surface area contributed by atoms with Crippen LogP contribution in [0.1, 0.15) is 21.5 Å². The van der Waals surface area contributed by atoms with Gasteiger partial charge in [0.15, 0.2) is 6.29 Å². The van der Waals surface area contributed by atoms with Crippen molar-refractivity contribution in [3.8, 4) is 12.5 Å². The maximum atomic E-state index is 13.5. The van der Waals surface area contributed by atoms with E-state index in [4.69, 9.17) is 6.42 Å². The number of benzene rings is 2. The maximum Gasteiger partial charge on any atom is 0.417 e. The normalized spacial score (nSPS) is 23.1. The second kappa shape index (κ2) is 8.56. The van der Waals surface area contributed by atoms with E-state index in [9.17, 15) is 18.0 Å². The molecular formula is C25H22F3N3O. The zero-order valence-electron chi connectivity index (χ0n) is 17.2. The minimum Gasteiger partial charge on any atom is -0.369 e. The number of rotatable bonds is 4. The predicted molar refractivity (Wildman–Crippen MR) is 118 cm³/mol. The monoisotopic (exact) mass is 437 g/mol. The van der Waals surface area contributed by atoms with E-state index in [1.807, 2.05) is 59.7 Å². The number of aldehydes is 1. The molecule has 0 aliphatic carbocycles. The summed E-state index contributed by atoms with van der Waals surface area (Å²) in [6.07, 6.45) is 9.13. The Balaban J connectivity index is 1.73. The standard InChI is InChI=1S/C25H22F3N3O/c1-2-31-14-7-6-12-24(31,20-8-4-3-5-9-20)23-17-30(15-13-29-23)21-11-10-19(18-32)22(16-21)25(26,27)28/h1,3-12,14,16,18,23,29H,13,15,17H2. The van der Waals surface area contributed by atoms with Crippen LogP contribution in [0.4, 0.5) is 18.9 Å². The first-order valence-electron chi connectivity index (χ1n) is 10.2. The van der Waals surface area contributed by atoms with Gasteiger partial charge in [0.05, 0.1) is 11.6 Å². The van der Waals surface area contributed by atoms with E-state index >= 15 is 0 Å². The molecule has 0 spiro atoms. The smallest absolute Gasteiger partial charge is 0.369 e. The minimum atomic E-state index is -4.61. The molecule has 2 aliphatic heterocycles. The fourth-order valence-electron chi connectivity index (χ4n) is 4.49. The Morgan fingerprint density at radius 3 is 2.62 bits per heavy atom. The molecule has 164 valence electrons. The van der Waals surface area contributed by atoms with Gasteiger partial charge in [-0.2, -0.15) is 13.2 Å². The predicted octanol–water partition coefficient (Wildman–Crippen LogP) is 4.17. The summed E-state index contributed by atoms with van der Waals surface area (Å²) in [5, 5.41) is 3.52. The van der Waals surface area contributed by atoms with Gasteiger partial charge in [0.25, 0.3) is 0 Å². The lowest BCUT2D eigenvalue weighted by atomic mass is 9.78. The fraction of sp³-hybridized carbons (Fsp3) is 0.240. The summed E-state index contributed by atoms with van der Waals surface area (Å²) >= 11 is 0. The molecule has 2 aromatic carbocycles. The summed E-state index contributed by atoms with van der Waals surface area (Å²) in [6, 6.07) is 16.2. The van der Waals surface area contributed by atoms with Crippen LogP contribution in [0.25, 0.3) is 0 Å². The van der Waals surface area contributed by atoms with Crippen LogP contribution in [0.5, 0.6) is 0 Å². The van der Waals surface area contributed by atoms with E-state index in [0.29, 0.717) is 25.3 Å². The third-order valence-electron chi connectivity index (χ3n) is 6.01. The van der Waals surface area contributed by atoms with Crippen LogP contribution < -0.4 is 10.2 Å². The highest BCUT2D eigenvalue weighted by molar-refractivity contribution is 5.79. The van der Waals surface area contributed by atoms with Crippen molar-refractivity contribution in [1.82, 2.24) is 10.2 Å². The number of nitrogens with zero attached hydrogens (tertiary/aromatic N) is 2. The van der Waals surface area contributed by atoms with E-state index in [2.05, 4.69) is 11.4 Å². The molecule has 0 amide bonds. The summed E-state index contributed by atoms with van der Waals surface area (Å²) in [4.78, 5) is 14.8. The molecule has 2 atom stereocenters. The third kappa shape index (κ3) is 3.78. The first-order valence-corrected chi connectivity index (χ1v) is 10.2. The number of hydrogen-bond donors (Lipinski definition) is 1. The molecule has 0 bridgehead atoms. The topological polar surface area (TPSA) is 35.6 Å². The van der Waals surface area contributed by atoms with Crippen molar-refractivity contribution in [2.75, 3.05) is 24.5 Å². The maximum absolute atomic E-state index is 13.5. The van der Waals surface area contributed by atoms with Gasteiger partial charge in [0.1, 0.15) is 5.54 Å². The van der Waals surface area contributed by atoms with Crippen LogP contribution in [0.3, 0.4) is 0 Å². The lowest BCUT2D eigenvalue weighted by Gasteiger charge is -2.49. The molecule has 7 heteroatoms. The number of carbonyl (C=O) groups is 1. The SMILES string of the molecule is C#CN1C=CC=CC1(c1ccccc1)C1CN(c2ccc(C=O)c(C(F)(F)F)c2)CCN1. The van der Waals surface area contributed by atoms with Crippen molar-refractivity contribution < 1.29 is 18.0 Å². The number of carbonyl (C=O) groups excluding carboxylic acids is 1. The van der Waals surface area contributed by atoms with Gasteiger partial charge in [-0.05, 0) is 29.8 Å². The van der Waals surface area contributed by atoms with Crippen molar-refractivity contribution in [2.24, 2.45) is 0 Å². The number of hydrogen-bond acceptors (Lipinski definition) is 4. The molecule has 4 nitrogen and oxygen atoms in total. The third-order valence-corrected chi connectivity index (χ3v) is 6.01. The molecule has 1 N–H and O–H groups in total. The Labute approximate surface area is 185 Å². The highest BCUT2D eigenvalue weighted by Crippen LogP contribution is 2.39. The Bertz CT molecular complexity index is 1090. The molecule has 2 unspecified atom stereocenters. The van der Waals surface area contributed by atoms with Crippen molar-refractivity contribution >= 4 is 12.0 Å². The molecule has 32 heavy (non-hydrogen) atoms. The van der Waals surface area contributed by atoms with Crippen molar-refractivity contribution in [3.63, 3.8) is 0 Å². The number of allylic oxidation sites excluding steroid dienone is 2. The highest BCUT2D eigenvalue weighted by Gasteiger charge is 2.45. The number of piperazine rings is 1. The van der Waals surface area contributed by atoms with Gasteiger partial charge < -0.3 is 10.2 Å². The zero-order valence-corrected chi connectivity index (χ0v) is 17.2. The van der Waals surface area contributed by atoms with Crippen molar-refractivity contribution in [3.05, 3.63) is 89.6 Å². The van der Waals surface area contributed by atoms with Crippen LogP contribution in [0, 0.1) is 12.5 Å². The van der Waals surface area contributed by atoms with Crippen molar-refractivity contribution in [1.29, 1.82) is 0 Å². The lowest BCUT2D eigenvalue weighted by Crippen LogP contribution is -2.63. The molecule has 0 saturated carbocycles. The van der Waals surface area contributed by atoms with E-state index in [-0.39, 0.29) is 17.9 Å². The Morgan fingerprint density at radius 2 is 1.94 bits per heavy atom. The number of nitrogens with one attached hydrogen (secondary N) is 1. The van der Waals surface area contributed by atoms with E-state index in [1.54, 1.807) is 11.0 Å². The van der Waals surface area contributed by atoms with Crippen LogP contribution in [-0.2, 0) is 11.7 Å². The van der Waals surface area contributed by atoms with Gasteiger partial charge >= 0.3 is 6.18 Å². The fourth-order valence-corrected chi connectivity index (χ4v) is 4.49. The van der Waals surface area contributed by atoms with Crippen LogP contribution in [0.15, 0.2) is 73.0 Å². The largest absolute Gasteiger partial charge is 0.417 e. The highest BCUT2D eigenvalue weighted by atomic mass is 19.4. The molecule has 0 aromatic heterocycles. The van der Waals surface area contributed by atoms with Crippen LogP contribution in [-0.4, -0.2) is 36.9 Å². The first-order chi connectivity index (χ1) is 15.4.